The molecule has 0 radical (unpaired) electrons. The van der Waals surface area contributed by atoms with Crippen LogP contribution >= 0.6 is 11.3 Å². The van der Waals surface area contributed by atoms with E-state index in [-0.39, 0.29) is 21.7 Å². The van der Waals surface area contributed by atoms with Crippen molar-refractivity contribution in [3.8, 4) is 10.8 Å². The summed E-state index contributed by atoms with van der Waals surface area (Å²) in [5, 5.41) is 1.77. The Kier molecular flexibility index (Phi) is 4.09. The number of hydrogen-bond donors (Lipinski definition) is 0. The number of oxazole rings is 1. The fourth-order valence-corrected chi connectivity index (χ4v) is 4.79. The second-order valence-corrected chi connectivity index (χ2v) is 8.57. The van der Waals surface area contributed by atoms with Crippen LogP contribution in [0.5, 0.6) is 0 Å². The standard InChI is InChI=1S/C17H15FN2O3S2/c18-12-5-7-13(8-6-12)25(21,22)16-17(20-9-1-2-10-20)23-15(19-16)14-4-3-11-24-14/h3-8,11H,1-2,9-10H2. The molecule has 0 bridgehead atoms. The number of benzene rings is 1. The summed E-state index contributed by atoms with van der Waals surface area (Å²) < 4.78 is 45.1. The van der Waals surface area contributed by atoms with E-state index in [0.717, 1.165) is 42.9 Å². The Morgan fingerprint density at radius 3 is 2.48 bits per heavy atom. The average molecular weight is 378 g/mol. The van der Waals surface area contributed by atoms with Gasteiger partial charge in [-0.3, -0.25) is 0 Å². The molecule has 1 aliphatic rings. The monoisotopic (exact) mass is 378 g/mol. The average Bonchev–Trinajstić information content (AvgIpc) is 3.34. The minimum Gasteiger partial charge on any atom is -0.418 e. The fraction of sp³-hybridized carbons (Fsp3) is 0.235. The number of halogens is 1. The van der Waals surface area contributed by atoms with Crippen molar-refractivity contribution in [2.24, 2.45) is 0 Å². The molecular weight excluding hydrogens is 363 g/mol. The van der Waals surface area contributed by atoms with E-state index in [1.165, 1.54) is 23.5 Å². The molecule has 1 saturated heterocycles. The summed E-state index contributed by atoms with van der Waals surface area (Å²) in [6.07, 6.45) is 1.95. The minimum atomic E-state index is -3.90. The molecule has 8 heteroatoms. The van der Waals surface area contributed by atoms with Gasteiger partial charge in [-0.25, -0.2) is 12.8 Å². The summed E-state index contributed by atoms with van der Waals surface area (Å²) in [6, 6.07) is 8.44. The zero-order chi connectivity index (χ0) is 17.4. The third kappa shape index (κ3) is 2.96. The summed E-state index contributed by atoms with van der Waals surface area (Å²) in [4.78, 5) is 6.96. The molecule has 25 heavy (non-hydrogen) atoms. The first-order valence-corrected chi connectivity index (χ1v) is 10.2. The van der Waals surface area contributed by atoms with Crippen LogP contribution in [0.3, 0.4) is 0 Å². The Labute approximate surface area is 148 Å². The molecule has 0 spiro atoms. The van der Waals surface area contributed by atoms with Crippen molar-refractivity contribution in [3.63, 3.8) is 0 Å². The molecule has 4 rings (SSSR count). The van der Waals surface area contributed by atoms with Crippen molar-refractivity contribution in [3.05, 3.63) is 47.6 Å². The number of nitrogens with zero attached hydrogens (tertiary/aromatic N) is 2. The Bertz CT molecular complexity index is 974. The summed E-state index contributed by atoms with van der Waals surface area (Å²) in [6.45, 7) is 1.45. The van der Waals surface area contributed by atoms with E-state index in [4.69, 9.17) is 4.42 Å². The molecule has 0 N–H and O–H groups in total. The number of anilines is 1. The smallest absolute Gasteiger partial charge is 0.240 e. The lowest BCUT2D eigenvalue weighted by Gasteiger charge is -2.14. The Hall–Kier alpha value is -2.19. The van der Waals surface area contributed by atoms with Crippen molar-refractivity contribution >= 4 is 27.1 Å². The van der Waals surface area contributed by atoms with Gasteiger partial charge in [-0.15, -0.1) is 11.3 Å². The van der Waals surface area contributed by atoms with Crippen LogP contribution in [0.4, 0.5) is 10.3 Å². The van der Waals surface area contributed by atoms with E-state index in [2.05, 4.69) is 4.98 Å². The molecule has 1 fully saturated rings. The molecule has 2 aromatic heterocycles. The topological polar surface area (TPSA) is 63.4 Å². The molecule has 3 heterocycles. The number of sulfone groups is 1. The van der Waals surface area contributed by atoms with Gasteiger partial charge in [0.15, 0.2) is 0 Å². The van der Waals surface area contributed by atoms with Gasteiger partial charge in [-0.05, 0) is 48.6 Å². The van der Waals surface area contributed by atoms with E-state index in [1.807, 2.05) is 22.4 Å². The predicted octanol–water partition coefficient (Wildman–Crippen LogP) is 3.98. The largest absolute Gasteiger partial charge is 0.418 e. The van der Waals surface area contributed by atoms with Gasteiger partial charge in [0, 0.05) is 13.1 Å². The van der Waals surface area contributed by atoms with E-state index >= 15 is 0 Å². The highest BCUT2D eigenvalue weighted by atomic mass is 32.2. The summed E-state index contributed by atoms with van der Waals surface area (Å²) in [7, 11) is -3.90. The van der Waals surface area contributed by atoms with Crippen molar-refractivity contribution in [2.45, 2.75) is 22.8 Å². The van der Waals surface area contributed by atoms with Gasteiger partial charge in [-0.2, -0.15) is 4.98 Å². The summed E-state index contributed by atoms with van der Waals surface area (Å²) >= 11 is 1.43. The van der Waals surface area contributed by atoms with Crippen LogP contribution in [0.15, 0.2) is 56.1 Å². The molecule has 0 saturated carbocycles. The molecule has 0 atom stereocenters. The lowest BCUT2D eigenvalue weighted by Crippen LogP contribution is -2.19. The Morgan fingerprint density at radius 1 is 1.12 bits per heavy atom. The van der Waals surface area contributed by atoms with Crippen LogP contribution in [-0.4, -0.2) is 26.5 Å². The van der Waals surface area contributed by atoms with Crippen molar-refractivity contribution in [2.75, 3.05) is 18.0 Å². The highest BCUT2D eigenvalue weighted by Crippen LogP contribution is 2.37. The molecule has 0 unspecified atom stereocenters. The highest BCUT2D eigenvalue weighted by Gasteiger charge is 2.32. The SMILES string of the molecule is O=S(=O)(c1ccc(F)cc1)c1nc(-c2cccs2)oc1N1CCCC1. The maximum atomic E-state index is 13.2. The lowest BCUT2D eigenvalue weighted by atomic mass is 10.4. The third-order valence-corrected chi connectivity index (χ3v) is 6.61. The van der Waals surface area contributed by atoms with Gasteiger partial charge in [0.25, 0.3) is 0 Å². The van der Waals surface area contributed by atoms with Gasteiger partial charge in [-0.1, -0.05) is 6.07 Å². The Morgan fingerprint density at radius 2 is 1.84 bits per heavy atom. The maximum absolute atomic E-state index is 13.2. The molecule has 5 nitrogen and oxygen atoms in total. The second kappa shape index (κ2) is 6.27. The molecule has 130 valence electrons. The van der Waals surface area contributed by atoms with Crippen molar-refractivity contribution in [1.29, 1.82) is 0 Å². The van der Waals surface area contributed by atoms with Crippen LogP contribution in [0.25, 0.3) is 10.8 Å². The third-order valence-electron chi connectivity index (χ3n) is 4.08. The molecule has 0 aliphatic carbocycles. The van der Waals surface area contributed by atoms with Gasteiger partial charge >= 0.3 is 0 Å². The lowest BCUT2D eigenvalue weighted by molar-refractivity contribution is 0.557. The number of thiophene rings is 1. The zero-order valence-electron chi connectivity index (χ0n) is 13.2. The quantitative estimate of drug-likeness (QED) is 0.643. The van der Waals surface area contributed by atoms with E-state index in [0.29, 0.717) is 0 Å². The molecule has 0 amide bonds. The number of aromatic nitrogens is 1. The number of hydrogen-bond acceptors (Lipinski definition) is 6. The van der Waals surface area contributed by atoms with Gasteiger partial charge in [0.1, 0.15) is 5.82 Å². The van der Waals surface area contributed by atoms with Crippen LogP contribution in [-0.2, 0) is 9.84 Å². The maximum Gasteiger partial charge on any atom is 0.240 e. The fourth-order valence-electron chi connectivity index (χ4n) is 2.82. The van der Waals surface area contributed by atoms with Gasteiger partial charge in [0.05, 0.1) is 9.77 Å². The molecule has 1 aromatic carbocycles. The van der Waals surface area contributed by atoms with Gasteiger partial charge < -0.3 is 9.32 Å². The number of rotatable bonds is 4. The van der Waals surface area contributed by atoms with Gasteiger partial charge in [0.2, 0.25) is 26.6 Å². The first-order chi connectivity index (χ1) is 12.1. The van der Waals surface area contributed by atoms with Crippen LogP contribution in [0, 0.1) is 5.82 Å². The molecule has 1 aliphatic heterocycles. The zero-order valence-corrected chi connectivity index (χ0v) is 14.8. The van der Waals surface area contributed by atoms with E-state index in [1.54, 1.807) is 0 Å². The first-order valence-electron chi connectivity index (χ1n) is 7.86. The molecule has 3 aromatic rings. The molecular formula is C17H15FN2O3S2. The first kappa shape index (κ1) is 16.3. The summed E-state index contributed by atoms with van der Waals surface area (Å²) in [5.74, 6) is 0.0703. The van der Waals surface area contributed by atoms with Crippen molar-refractivity contribution in [1.82, 2.24) is 4.98 Å². The highest BCUT2D eigenvalue weighted by molar-refractivity contribution is 7.91. The Balaban J connectivity index is 1.85. The normalized spacial score (nSPS) is 15.0. The van der Waals surface area contributed by atoms with Crippen LogP contribution in [0.1, 0.15) is 12.8 Å². The minimum absolute atomic E-state index is 0.000349. The van der Waals surface area contributed by atoms with E-state index in [9.17, 15) is 12.8 Å². The van der Waals surface area contributed by atoms with Crippen molar-refractivity contribution < 1.29 is 17.2 Å². The summed E-state index contributed by atoms with van der Waals surface area (Å²) in [5.41, 5.74) is 0. The van der Waals surface area contributed by atoms with E-state index < -0.39 is 15.7 Å². The van der Waals surface area contributed by atoms with Crippen LogP contribution < -0.4 is 4.90 Å². The second-order valence-electron chi connectivity index (χ2n) is 5.76. The van der Waals surface area contributed by atoms with Crippen LogP contribution in [0.2, 0.25) is 0 Å². The predicted molar refractivity (Wildman–Crippen MR) is 93.1 cm³/mol.